The normalized spacial score (nSPS) is 46.7. The van der Waals surface area contributed by atoms with Gasteiger partial charge in [0.05, 0.1) is 0 Å². The fraction of sp³-hybridized carbons (Fsp3) is 0.857. The van der Waals surface area contributed by atoms with E-state index in [4.69, 9.17) is 9.47 Å². The van der Waals surface area contributed by atoms with Crippen LogP contribution in [0, 0.1) is 56.7 Å². The molecule has 0 aromatic carbocycles. The highest BCUT2D eigenvalue weighted by Crippen LogP contribution is 2.77. The van der Waals surface area contributed by atoms with Crippen molar-refractivity contribution >= 4 is 5.78 Å². The molecule has 9 atom stereocenters. The van der Waals surface area contributed by atoms with Gasteiger partial charge in [-0.3, -0.25) is 4.79 Å². The smallest absolute Gasteiger partial charge is 0.186 e. The standard InChI is InChI=1S/C35H56O4/c1-10-38-30(39-11-2)24-20-32(7)26(31(5,6)29(24)37)15-16-34(9)27(32)13-12-25-28-23(22(3)4)14-17-35(28,21-36)19-18-33(25,34)8/h20,23,25-28,30,36H,3,10-19,21H2,1-2,4-9H3/t23-,25+,26-,27+,28?,32-,33+,34+,35+/m0/s1. The Kier molecular flexibility index (Phi) is 7.42. The number of hydrogen-bond acceptors (Lipinski definition) is 4. The number of fused-ring (bicyclic) bond motifs is 7. The second-order valence-electron chi connectivity index (χ2n) is 15.5. The minimum Gasteiger partial charge on any atom is -0.396 e. The van der Waals surface area contributed by atoms with E-state index in [-0.39, 0.29) is 27.4 Å². The van der Waals surface area contributed by atoms with E-state index < -0.39 is 11.7 Å². The van der Waals surface area contributed by atoms with Gasteiger partial charge in [-0.15, -0.1) is 0 Å². The highest BCUT2D eigenvalue weighted by molar-refractivity contribution is 6.01. The molecule has 5 rings (SSSR count). The summed E-state index contributed by atoms with van der Waals surface area (Å²) < 4.78 is 12.1. The molecule has 0 amide bonds. The first-order chi connectivity index (χ1) is 18.3. The summed E-state index contributed by atoms with van der Waals surface area (Å²) in [6.45, 7) is 24.1. The Morgan fingerprint density at radius 2 is 1.62 bits per heavy atom. The number of hydrogen-bond donors (Lipinski definition) is 1. The van der Waals surface area contributed by atoms with Gasteiger partial charge in [-0.2, -0.15) is 0 Å². The molecule has 4 nitrogen and oxygen atoms in total. The Hall–Kier alpha value is -0.970. The number of carbonyl (C=O) groups excluding carboxylic acids is 1. The summed E-state index contributed by atoms with van der Waals surface area (Å²) in [7, 11) is 0. The molecule has 0 spiro atoms. The summed E-state index contributed by atoms with van der Waals surface area (Å²) in [5.41, 5.74) is 2.00. The van der Waals surface area contributed by atoms with Crippen LogP contribution >= 0.6 is 0 Å². The zero-order chi connectivity index (χ0) is 28.6. The highest BCUT2D eigenvalue weighted by Gasteiger charge is 2.70. The lowest BCUT2D eigenvalue weighted by Crippen LogP contribution is -2.66. The number of rotatable bonds is 7. The zero-order valence-corrected chi connectivity index (χ0v) is 26.2. The van der Waals surface area contributed by atoms with Crippen molar-refractivity contribution in [3.8, 4) is 0 Å². The quantitative estimate of drug-likeness (QED) is 0.265. The number of aliphatic hydroxyl groups is 1. The van der Waals surface area contributed by atoms with Crippen LogP contribution in [0.4, 0.5) is 0 Å². The molecular weight excluding hydrogens is 484 g/mol. The maximum absolute atomic E-state index is 14.0. The van der Waals surface area contributed by atoms with Gasteiger partial charge in [0.25, 0.3) is 0 Å². The van der Waals surface area contributed by atoms with Crippen molar-refractivity contribution in [1.29, 1.82) is 0 Å². The van der Waals surface area contributed by atoms with E-state index in [1.807, 2.05) is 13.8 Å². The van der Waals surface area contributed by atoms with Crippen LogP contribution in [0.1, 0.15) is 107 Å². The first-order valence-electron chi connectivity index (χ1n) is 16.0. The van der Waals surface area contributed by atoms with Gasteiger partial charge < -0.3 is 14.6 Å². The number of ketones is 1. The van der Waals surface area contributed by atoms with Gasteiger partial charge in [0.2, 0.25) is 0 Å². The maximum Gasteiger partial charge on any atom is 0.186 e. The molecule has 5 aliphatic rings. The van der Waals surface area contributed by atoms with Crippen LogP contribution in [-0.2, 0) is 14.3 Å². The number of Topliss-reactive ketones (excluding diaryl/α,β-unsaturated/α-hetero) is 1. The maximum atomic E-state index is 14.0. The summed E-state index contributed by atoms with van der Waals surface area (Å²) in [5, 5.41) is 10.8. The van der Waals surface area contributed by atoms with E-state index in [0.717, 1.165) is 24.8 Å². The van der Waals surface area contributed by atoms with E-state index in [1.54, 1.807) is 0 Å². The second kappa shape index (κ2) is 9.80. The number of allylic oxidation sites excluding steroid dienone is 2. The first kappa shape index (κ1) is 29.5. The largest absolute Gasteiger partial charge is 0.396 e. The fourth-order valence-electron chi connectivity index (χ4n) is 11.8. The molecule has 0 aromatic rings. The average Bonchev–Trinajstić information content (AvgIpc) is 3.27. The molecule has 0 heterocycles. The lowest BCUT2D eigenvalue weighted by atomic mass is 9.32. The third-order valence-corrected chi connectivity index (χ3v) is 13.8. The Morgan fingerprint density at radius 1 is 0.949 bits per heavy atom. The summed E-state index contributed by atoms with van der Waals surface area (Å²) in [6.07, 6.45) is 11.1. The third-order valence-electron chi connectivity index (χ3n) is 13.8. The van der Waals surface area contributed by atoms with Crippen molar-refractivity contribution in [2.75, 3.05) is 19.8 Å². The molecular formula is C35H56O4. The van der Waals surface area contributed by atoms with Gasteiger partial charge in [-0.05, 0) is 123 Å². The van der Waals surface area contributed by atoms with Gasteiger partial charge in [0.15, 0.2) is 12.1 Å². The average molecular weight is 541 g/mol. The molecule has 39 heavy (non-hydrogen) atoms. The van der Waals surface area contributed by atoms with Crippen molar-refractivity contribution in [2.24, 2.45) is 56.7 Å². The highest BCUT2D eigenvalue weighted by atomic mass is 16.7. The summed E-state index contributed by atoms with van der Waals surface area (Å²) in [5.74, 6) is 2.72. The SMILES string of the molecule is C=C(C)[C@@H]1CC[C@]2(CO)CC[C@]3(C)[C@H](CC[C@@H]4[C@@]5(C)C=C(C(OCC)OCC)C(=O)C(C)(C)[C@@H]5CC[C@]43C)C12. The monoisotopic (exact) mass is 540 g/mol. The van der Waals surface area contributed by atoms with E-state index in [0.29, 0.717) is 49.4 Å². The van der Waals surface area contributed by atoms with Gasteiger partial charge in [-0.1, -0.05) is 52.8 Å². The predicted octanol–water partition coefficient (Wildman–Crippen LogP) is 7.75. The fourth-order valence-corrected chi connectivity index (χ4v) is 11.8. The number of carbonyl (C=O) groups is 1. The molecule has 220 valence electrons. The van der Waals surface area contributed by atoms with Crippen LogP contribution in [0.3, 0.4) is 0 Å². The van der Waals surface area contributed by atoms with Gasteiger partial charge in [-0.25, -0.2) is 0 Å². The molecule has 4 saturated carbocycles. The van der Waals surface area contributed by atoms with Gasteiger partial charge in [0.1, 0.15) is 0 Å². The zero-order valence-electron chi connectivity index (χ0n) is 26.2. The predicted molar refractivity (Wildman–Crippen MR) is 157 cm³/mol. The van der Waals surface area contributed by atoms with Crippen LogP contribution < -0.4 is 0 Å². The van der Waals surface area contributed by atoms with Crippen molar-refractivity contribution in [2.45, 2.75) is 113 Å². The molecule has 1 N–H and O–H groups in total. The molecule has 0 aromatic heterocycles. The van der Waals surface area contributed by atoms with Crippen molar-refractivity contribution in [3.63, 3.8) is 0 Å². The van der Waals surface area contributed by atoms with Crippen molar-refractivity contribution < 1.29 is 19.4 Å². The molecule has 4 heteroatoms. The first-order valence-corrected chi connectivity index (χ1v) is 16.0. The molecule has 4 fully saturated rings. The molecule has 0 bridgehead atoms. The van der Waals surface area contributed by atoms with E-state index >= 15 is 0 Å². The number of ether oxygens (including phenoxy) is 2. The second-order valence-corrected chi connectivity index (χ2v) is 15.5. The van der Waals surface area contributed by atoms with E-state index in [9.17, 15) is 9.90 Å². The topological polar surface area (TPSA) is 55.8 Å². The van der Waals surface area contributed by atoms with E-state index in [2.05, 4.69) is 54.2 Å². The summed E-state index contributed by atoms with van der Waals surface area (Å²) in [4.78, 5) is 14.0. The molecule has 5 aliphatic carbocycles. The molecule has 0 saturated heterocycles. The van der Waals surface area contributed by atoms with Crippen molar-refractivity contribution in [1.82, 2.24) is 0 Å². The minimum atomic E-state index is -0.584. The van der Waals surface area contributed by atoms with Crippen LogP contribution in [0.15, 0.2) is 23.8 Å². The summed E-state index contributed by atoms with van der Waals surface area (Å²) >= 11 is 0. The van der Waals surface area contributed by atoms with Crippen LogP contribution in [0.5, 0.6) is 0 Å². The van der Waals surface area contributed by atoms with Crippen LogP contribution in [-0.4, -0.2) is 37.0 Å². The minimum absolute atomic E-state index is 0.0760. The van der Waals surface area contributed by atoms with Gasteiger partial charge in [0, 0.05) is 30.8 Å². The van der Waals surface area contributed by atoms with Gasteiger partial charge >= 0.3 is 0 Å². The Bertz CT molecular complexity index is 1020. The lowest BCUT2D eigenvalue weighted by Gasteiger charge is -2.71. The van der Waals surface area contributed by atoms with Crippen LogP contribution in [0.25, 0.3) is 0 Å². The Labute approximate surface area is 238 Å². The Morgan fingerprint density at radius 3 is 2.21 bits per heavy atom. The number of aliphatic hydroxyl groups excluding tert-OH is 1. The summed E-state index contributed by atoms with van der Waals surface area (Å²) in [6, 6.07) is 0. The van der Waals surface area contributed by atoms with Crippen molar-refractivity contribution in [3.05, 3.63) is 23.8 Å². The third kappa shape index (κ3) is 3.89. The molecule has 1 unspecified atom stereocenters. The lowest BCUT2D eigenvalue weighted by molar-refractivity contribution is -0.222. The Balaban J connectivity index is 1.59. The molecule has 0 radical (unpaired) electrons. The van der Waals surface area contributed by atoms with E-state index in [1.165, 1.54) is 37.7 Å². The van der Waals surface area contributed by atoms with Crippen LogP contribution in [0.2, 0.25) is 0 Å². The molecule has 0 aliphatic heterocycles.